The van der Waals surface area contributed by atoms with Gasteiger partial charge >= 0.3 is 5.97 Å². The van der Waals surface area contributed by atoms with E-state index in [2.05, 4.69) is 0 Å². The van der Waals surface area contributed by atoms with Gasteiger partial charge in [-0.1, -0.05) is 30.3 Å². The van der Waals surface area contributed by atoms with Crippen molar-refractivity contribution in [3.8, 4) is 11.5 Å². The van der Waals surface area contributed by atoms with Gasteiger partial charge < -0.3 is 19.5 Å². The third kappa shape index (κ3) is 3.12. The van der Waals surface area contributed by atoms with Gasteiger partial charge in [0.25, 0.3) is 5.91 Å². The summed E-state index contributed by atoms with van der Waals surface area (Å²) in [4.78, 5) is 25.7. The lowest BCUT2D eigenvalue weighted by Gasteiger charge is -2.20. The maximum Gasteiger partial charge on any atom is 0.312 e. The zero-order valence-corrected chi connectivity index (χ0v) is 15.3. The fourth-order valence-corrected chi connectivity index (χ4v) is 3.77. The fourth-order valence-electron chi connectivity index (χ4n) is 3.77. The summed E-state index contributed by atoms with van der Waals surface area (Å²) in [5.41, 5.74) is 2.05. The first-order valence-corrected chi connectivity index (χ1v) is 8.91. The first kappa shape index (κ1) is 17.4. The van der Waals surface area contributed by atoms with Gasteiger partial charge in [-0.3, -0.25) is 9.59 Å². The summed E-state index contributed by atoms with van der Waals surface area (Å²) in [7, 11) is 0. The molecule has 0 saturated heterocycles. The number of carboxylic acids is 1. The third-order valence-corrected chi connectivity index (χ3v) is 4.97. The monoisotopic (exact) mass is 367 g/mol. The van der Waals surface area contributed by atoms with E-state index in [0.717, 1.165) is 12.0 Å². The molecule has 1 amide bonds. The highest BCUT2D eigenvalue weighted by atomic mass is 16.5. The predicted molar refractivity (Wildman–Crippen MR) is 99.5 cm³/mol. The topological polar surface area (TPSA) is 76.1 Å². The minimum absolute atomic E-state index is 0.118. The fraction of sp³-hybridized carbons (Fsp3) is 0.333. The SMILES string of the molecule is CC1(C)Cc2cccc(OCC(=O)N3CC(C(=O)O)c4ccccc43)c2O1. The van der Waals surface area contributed by atoms with Crippen LogP contribution < -0.4 is 14.4 Å². The second-order valence-electron chi connectivity index (χ2n) is 7.53. The molecule has 27 heavy (non-hydrogen) atoms. The van der Waals surface area contributed by atoms with Crippen LogP contribution in [0, 0.1) is 0 Å². The van der Waals surface area contributed by atoms with Crippen molar-refractivity contribution in [2.45, 2.75) is 31.8 Å². The molecule has 2 aliphatic rings. The van der Waals surface area contributed by atoms with Crippen molar-refractivity contribution in [2.75, 3.05) is 18.1 Å². The van der Waals surface area contributed by atoms with Gasteiger partial charge in [0.2, 0.25) is 0 Å². The van der Waals surface area contributed by atoms with Gasteiger partial charge in [0, 0.05) is 24.2 Å². The molecule has 0 saturated carbocycles. The molecule has 1 N–H and O–H groups in total. The molecule has 2 aliphatic heterocycles. The van der Waals surface area contributed by atoms with Crippen molar-refractivity contribution < 1.29 is 24.2 Å². The van der Waals surface area contributed by atoms with Crippen molar-refractivity contribution in [3.63, 3.8) is 0 Å². The van der Waals surface area contributed by atoms with Crippen LogP contribution in [0.15, 0.2) is 42.5 Å². The van der Waals surface area contributed by atoms with Crippen LogP contribution in [0.2, 0.25) is 0 Å². The molecule has 6 nitrogen and oxygen atoms in total. The van der Waals surface area contributed by atoms with E-state index in [9.17, 15) is 14.7 Å². The Bertz CT molecular complexity index is 921. The number of aliphatic carboxylic acids is 1. The number of fused-ring (bicyclic) bond motifs is 2. The summed E-state index contributed by atoms with van der Waals surface area (Å²) in [6, 6.07) is 12.8. The lowest BCUT2D eigenvalue weighted by Crippen LogP contribution is -2.35. The van der Waals surface area contributed by atoms with Crippen LogP contribution in [-0.2, 0) is 16.0 Å². The number of ether oxygens (including phenoxy) is 2. The molecule has 0 radical (unpaired) electrons. The van der Waals surface area contributed by atoms with Crippen LogP contribution in [0.4, 0.5) is 5.69 Å². The summed E-state index contributed by atoms with van der Waals surface area (Å²) < 4.78 is 11.7. The van der Waals surface area contributed by atoms with Crippen LogP contribution in [0.3, 0.4) is 0 Å². The second kappa shape index (κ2) is 6.30. The molecule has 4 rings (SSSR count). The number of carboxylic acid groups (broad SMARTS) is 1. The second-order valence-corrected chi connectivity index (χ2v) is 7.53. The molecule has 0 aromatic heterocycles. The van der Waals surface area contributed by atoms with Crippen molar-refractivity contribution in [3.05, 3.63) is 53.6 Å². The number of carbonyl (C=O) groups is 2. The lowest BCUT2D eigenvalue weighted by atomic mass is 10.0. The molecule has 2 aromatic rings. The number of hydrogen-bond donors (Lipinski definition) is 1. The van der Waals surface area contributed by atoms with Gasteiger partial charge in [-0.2, -0.15) is 0 Å². The molecule has 2 heterocycles. The highest BCUT2D eigenvalue weighted by molar-refractivity contribution is 5.99. The Morgan fingerprint density at radius 2 is 2.00 bits per heavy atom. The van der Waals surface area contributed by atoms with Crippen molar-refractivity contribution in [1.82, 2.24) is 0 Å². The van der Waals surface area contributed by atoms with Crippen LogP contribution in [0.25, 0.3) is 0 Å². The van der Waals surface area contributed by atoms with E-state index in [4.69, 9.17) is 9.47 Å². The van der Waals surface area contributed by atoms with E-state index in [1.807, 2.05) is 26.0 Å². The predicted octanol–water partition coefficient (Wildman–Crippen LogP) is 2.99. The number of hydrogen-bond acceptors (Lipinski definition) is 4. The minimum Gasteiger partial charge on any atom is -0.483 e. The Balaban J connectivity index is 1.51. The summed E-state index contributed by atoms with van der Waals surface area (Å²) in [5, 5.41) is 9.44. The van der Waals surface area contributed by atoms with Gasteiger partial charge in [-0.15, -0.1) is 0 Å². The molecule has 2 aromatic carbocycles. The van der Waals surface area contributed by atoms with Crippen LogP contribution in [0.1, 0.15) is 30.9 Å². The zero-order valence-electron chi connectivity index (χ0n) is 15.3. The molecule has 0 fully saturated rings. The average molecular weight is 367 g/mol. The minimum atomic E-state index is -0.935. The van der Waals surface area contributed by atoms with Crippen molar-refractivity contribution >= 4 is 17.6 Å². The summed E-state index contributed by atoms with van der Waals surface area (Å²) >= 11 is 0. The molecular formula is C21H21NO5. The molecule has 1 unspecified atom stereocenters. The molecular weight excluding hydrogens is 346 g/mol. The van der Waals surface area contributed by atoms with E-state index in [1.54, 1.807) is 30.3 Å². The zero-order chi connectivity index (χ0) is 19.2. The quantitative estimate of drug-likeness (QED) is 0.899. The molecule has 0 aliphatic carbocycles. The van der Waals surface area contributed by atoms with E-state index in [-0.39, 0.29) is 24.7 Å². The van der Waals surface area contributed by atoms with Gasteiger partial charge in [0.15, 0.2) is 18.1 Å². The lowest BCUT2D eigenvalue weighted by molar-refractivity contribution is -0.138. The molecule has 0 bridgehead atoms. The number of anilines is 1. The van der Waals surface area contributed by atoms with Gasteiger partial charge in [0.05, 0.1) is 0 Å². The smallest absolute Gasteiger partial charge is 0.312 e. The Labute approximate surface area is 157 Å². The van der Waals surface area contributed by atoms with E-state index in [0.29, 0.717) is 22.7 Å². The third-order valence-electron chi connectivity index (χ3n) is 4.97. The molecule has 0 spiro atoms. The van der Waals surface area contributed by atoms with E-state index >= 15 is 0 Å². The normalized spacial score (nSPS) is 19.2. The Kier molecular flexibility index (Phi) is 4.06. The highest BCUT2D eigenvalue weighted by Crippen LogP contribution is 2.42. The number of rotatable bonds is 4. The number of carbonyl (C=O) groups excluding carboxylic acids is 1. The number of benzene rings is 2. The van der Waals surface area contributed by atoms with Crippen LogP contribution in [-0.4, -0.2) is 35.7 Å². The largest absolute Gasteiger partial charge is 0.483 e. The maximum absolute atomic E-state index is 12.7. The van der Waals surface area contributed by atoms with Crippen LogP contribution >= 0.6 is 0 Å². The van der Waals surface area contributed by atoms with E-state index in [1.165, 1.54) is 4.90 Å². The van der Waals surface area contributed by atoms with Gasteiger partial charge in [-0.25, -0.2) is 0 Å². The molecule has 140 valence electrons. The summed E-state index contributed by atoms with van der Waals surface area (Å²) in [6.45, 7) is 3.96. The summed E-state index contributed by atoms with van der Waals surface area (Å²) in [5.74, 6) is -0.708. The van der Waals surface area contributed by atoms with Crippen molar-refractivity contribution in [1.29, 1.82) is 0 Å². The molecule has 6 heteroatoms. The maximum atomic E-state index is 12.7. The van der Waals surface area contributed by atoms with Gasteiger partial charge in [-0.05, 0) is 31.5 Å². The average Bonchev–Trinajstić information content (AvgIpc) is 3.16. The summed E-state index contributed by atoms with van der Waals surface area (Å²) in [6.07, 6.45) is 0.785. The van der Waals surface area contributed by atoms with Crippen LogP contribution in [0.5, 0.6) is 11.5 Å². The first-order valence-electron chi connectivity index (χ1n) is 8.91. The highest BCUT2D eigenvalue weighted by Gasteiger charge is 2.37. The first-order chi connectivity index (χ1) is 12.9. The Hall–Kier alpha value is -3.02. The number of para-hydroxylation sites is 2. The van der Waals surface area contributed by atoms with E-state index < -0.39 is 11.9 Å². The Morgan fingerprint density at radius 1 is 1.22 bits per heavy atom. The number of amides is 1. The Morgan fingerprint density at radius 3 is 2.78 bits per heavy atom. The molecule has 1 atom stereocenters. The van der Waals surface area contributed by atoms with Crippen molar-refractivity contribution in [2.24, 2.45) is 0 Å². The van der Waals surface area contributed by atoms with Gasteiger partial charge in [0.1, 0.15) is 11.5 Å². The standard InChI is InChI=1S/C21H21NO5/c1-21(2)10-13-6-5-9-17(19(13)27-21)26-12-18(23)22-11-15(20(24)25)14-7-3-4-8-16(14)22/h3-9,15H,10-12H2,1-2H3,(H,24,25). The number of nitrogens with zero attached hydrogens (tertiary/aromatic N) is 1.